The number of amides is 1. The van der Waals surface area contributed by atoms with Crippen LogP contribution >= 0.6 is 0 Å². The van der Waals surface area contributed by atoms with Gasteiger partial charge in [-0.15, -0.1) is 0 Å². The number of para-hydroxylation sites is 2. The Balaban J connectivity index is 1.76. The first-order valence-electron chi connectivity index (χ1n) is 8.51. The van der Waals surface area contributed by atoms with Gasteiger partial charge in [-0.05, 0) is 12.1 Å². The van der Waals surface area contributed by atoms with E-state index in [1.165, 1.54) is 21.3 Å². The fourth-order valence-electron chi connectivity index (χ4n) is 2.94. The van der Waals surface area contributed by atoms with Crippen LogP contribution in [0.15, 0.2) is 36.4 Å². The Morgan fingerprint density at radius 2 is 1.67 bits per heavy atom. The summed E-state index contributed by atoms with van der Waals surface area (Å²) in [6, 6.07) is 10.7. The van der Waals surface area contributed by atoms with Crippen LogP contribution in [0.2, 0.25) is 0 Å². The van der Waals surface area contributed by atoms with Crippen LogP contribution in [0, 0.1) is 0 Å². The predicted octanol–water partition coefficient (Wildman–Crippen LogP) is 2.62. The molecule has 1 aliphatic rings. The van der Waals surface area contributed by atoms with Gasteiger partial charge in [0.25, 0.3) is 5.91 Å². The molecule has 0 saturated heterocycles. The Morgan fingerprint density at radius 1 is 1.04 bits per heavy atom. The quantitative estimate of drug-likeness (QED) is 0.776. The Bertz CT molecular complexity index is 822. The molecule has 0 spiro atoms. The van der Waals surface area contributed by atoms with Crippen LogP contribution in [-0.2, 0) is 0 Å². The lowest BCUT2D eigenvalue weighted by Gasteiger charge is -2.30. The first-order valence-corrected chi connectivity index (χ1v) is 8.51. The second kappa shape index (κ2) is 8.07. The SMILES string of the molecule is COc1cc(OC)c(C(=O)N(C)CC2COc3ccccc3O2)cc1OC. The summed E-state index contributed by atoms with van der Waals surface area (Å²) in [4.78, 5) is 14.5. The molecule has 7 nitrogen and oxygen atoms in total. The van der Waals surface area contributed by atoms with Crippen molar-refractivity contribution in [3.63, 3.8) is 0 Å². The van der Waals surface area contributed by atoms with Crippen LogP contribution in [0.1, 0.15) is 10.4 Å². The molecule has 0 N–H and O–H groups in total. The van der Waals surface area contributed by atoms with E-state index in [1.54, 1.807) is 24.1 Å². The molecule has 3 rings (SSSR count). The second-order valence-electron chi connectivity index (χ2n) is 6.09. The van der Waals surface area contributed by atoms with Gasteiger partial charge in [0, 0.05) is 19.2 Å². The van der Waals surface area contributed by atoms with Gasteiger partial charge < -0.3 is 28.6 Å². The van der Waals surface area contributed by atoms with Crippen LogP contribution in [-0.4, -0.2) is 58.4 Å². The molecule has 7 heteroatoms. The molecule has 144 valence electrons. The van der Waals surface area contributed by atoms with Crippen molar-refractivity contribution in [3.8, 4) is 28.7 Å². The number of methoxy groups -OCH3 is 3. The smallest absolute Gasteiger partial charge is 0.257 e. The number of fused-ring (bicyclic) bond motifs is 1. The molecule has 0 radical (unpaired) electrons. The van der Waals surface area contributed by atoms with Crippen molar-refractivity contribution in [2.24, 2.45) is 0 Å². The molecule has 1 aliphatic heterocycles. The maximum absolute atomic E-state index is 13.0. The zero-order valence-corrected chi connectivity index (χ0v) is 15.9. The third-order valence-electron chi connectivity index (χ3n) is 4.33. The van der Waals surface area contributed by atoms with Crippen LogP contribution in [0.25, 0.3) is 0 Å². The summed E-state index contributed by atoms with van der Waals surface area (Å²) in [6.45, 7) is 0.738. The van der Waals surface area contributed by atoms with Gasteiger partial charge in [0.05, 0.1) is 33.4 Å². The highest BCUT2D eigenvalue weighted by molar-refractivity contribution is 5.97. The van der Waals surface area contributed by atoms with Crippen LogP contribution in [0.5, 0.6) is 28.7 Å². The molecule has 2 aromatic rings. The van der Waals surface area contributed by atoms with E-state index in [0.717, 1.165) is 0 Å². The predicted molar refractivity (Wildman–Crippen MR) is 99.4 cm³/mol. The van der Waals surface area contributed by atoms with Gasteiger partial charge >= 0.3 is 0 Å². The number of carbonyl (C=O) groups excluding carboxylic acids is 1. The summed E-state index contributed by atoms with van der Waals surface area (Å²) in [5.41, 5.74) is 0.384. The van der Waals surface area contributed by atoms with Gasteiger partial charge in [-0.1, -0.05) is 12.1 Å². The van der Waals surface area contributed by atoms with E-state index in [4.69, 9.17) is 23.7 Å². The monoisotopic (exact) mass is 373 g/mol. The standard InChI is InChI=1S/C20H23NO6/c1-21(11-13-12-26-15-7-5-6-8-16(15)27-13)20(22)14-9-18(24-3)19(25-4)10-17(14)23-2/h5-10,13H,11-12H2,1-4H3. The minimum atomic E-state index is -0.264. The highest BCUT2D eigenvalue weighted by atomic mass is 16.6. The average molecular weight is 373 g/mol. The van der Waals surface area contributed by atoms with Crippen molar-refractivity contribution >= 4 is 5.91 Å². The van der Waals surface area contributed by atoms with Crippen molar-refractivity contribution in [1.82, 2.24) is 4.90 Å². The Morgan fingerprint density at radius 3 is 2.33 bits per heavy atom. The second-order valence-corrected chi connectivity index (χ2v) is 6.09. The average Bonchev–Trinajstić information content (AvgIpc) is 2.71. The molecule has 1 amide bonds. The topological polar surface area (TPSA) is 66.5 Å². The summed E-state index contributed by atoms with van der Waals surface area (Å²) < 4.78 is 27.6. The van der Waals surface area contributed by atoms with Gasteiger partial charge in [-0.3, -0.25) is 4.79 Å². The molecule has 1 atom stereocenters. The zero-order valence-electron chi connectivity index (χ0n) is 15.9. The summed E-state index contributed by atoms with van der Waals surface area (Å²) in [7, 11) is 6.27. The first-order chi connectivity index (χ1) is 13.1. The van der Waals surface area contributed by atoms with Gasteiger partial charge in [0.1, 0.15) is 12.4 Å². The number of rotatable bonds is 6. The van der Waals surface area contributed by atoms with Gasteiger partial charge in [-0.25, -0.2) is 0 Å². The fourth-order valence-corrected chi connectivity index (χ4v) is 2.94. The molecule has 0 saturated carbocycles. The molecular weight excluding hydrogens is 350 g/mol. The van der Waals surface area contributed by atoms with E-state index in [9.17, 15) is 4.79 Å². The Hall–Kier alpha value is -3.09. The first kappa shape index (κ1) is 18.7. The molecular formula is C20H23NO6. The molecule has 2 aromatic carbocycles. The third kappa shape index (κ3) is 3.86. The van der Waals surface area contributed by atoms with Gasteiger partial charge in [-0.2, -0.15) is 0 Å². The zero-order chi connectivity index (χ0) is 19.4. The maximum atomic E-state index is 13.0. The summed E-state index contributed by atoms with van der Waals surface area (Å²) in [5.74, 6) is 2.55. The molecule has 0 bridgehead atoms. The highest BCUT2D eigenvalue weighted by Crippen LogP contribution is 2.35. The van der Waals surface area contributed by atoms with E-state index in [0.29, 0.717) is 47.5 Å². The van der Waals surface area contributed by atoms with Crippen LogP contribution < -0.4 is 23.7 Å². The molecule has 0 fully saturated rings. The van der Waals surface area contributed by atoms with E-state index in [-0.39, 0.29) is 12.0 Å². The largest absolute Gasteiger partial charge is 0.496 e. The van der Waals surface area contributed by atoms with Crippen molar-refractivity contribution in [1.29, 1.82) is 0 Å². The molecule has 0 aliphatic carbocycles. The lowest BCUT2D eigenvalue weighted by atomic mass is 10.1. The normalized spacial score (nSPS) is 15.0. The van der Waals surface area contributed by atoms with Gasteiger partial charge in [0.2, 0.25) is 0 Å². The lowest BCUT2D eigenvalue weighted by molar-refractivity contribution is 0.0518. The van der Waals surface area contributed by atoms with Crippen molar-refractivity contribution in [3.05, 3.63) is 42.0 Å². The van der Waals surface area contributed by atoms with E-state index in [1.807, 2.05) is 24.3 Å². The van der Waals surface area contributed by atoms with Crippen LogP contribution in [0.4, 0.5) is 0 Å². The van der Waals surface area contributed by atoms with Gasteiger partial charge in [0.15, 0.2) is 29.1 Å². The minimum Gasteiger partial charge on any atom is -0.496 e. The Labute approximate surface area is 158 Å². The summed E-state index contributed by atoms with van der Waals surface area (Å²) >= 11 is 0. The highest BCUT2D eigenvalue weighted by Gasteiger charge is 2.26. The van der Waals surface area contributed by atoms with E-state index < -0.39 is 0 Å². The molecule has 27 heavy (non-hydrogen) atoms. The third-order valence-corrected chi connectivity index (χ3v) is 4.33. The minimum absolute atomic E-state index is 0.213. The molecule has 1 unspecified atom stereocenters. The number of hydrogen-bond donors (Lipinski definition) is 0. The summed E-state index contributed by atoms with van der Waals surface area (Å²) in [6.07, 6.45) is -0.264. The number of carbonyl (C=O) groups is 1. The Kier molecular flexibility index (Phi) is 5.59. The number of nitrogens with zero attached hydrogens (tertiary/aromatic N) is 1. The van der Waals surface area contributed by atoms with Crippen molar-refractivity contribution in [2.75, 3.05) is 41.5 Å². The van der Waals surface area contributed by atoms with E-state index in [2.05, 4.69) is 0 Å². The van der Waals surface area contributed by atoms with Crippen molar-refractivity contribution in [2.45, 2.75) is 6.10 Å². The number of ether oxygens (including phenoxy) is 5. The molecule has 0 aromatic heterocycles. The lowest BCUT2D eigenvalue weighted by Crippen LogP contribution is -2.41. The number of benzene rings is 2. The fraction of sp³-hybridized carbons (Fsp3) is 0.350. The van der Waals surface area contributed by atoms with Crippen molar-refractivity contribution < 1.29 is 28.5 Å². The number of likely N-dealkylation sites (N-methyl/N-ethyl adjacent to an activating group) is 1. The van der Waals surface area contributed by atoms with E-state index >= 15 is 0 Å². The summed E-state index contributed by atoms with van der Waals surface area (Å²) in [5, 5.41) is 0. The molecule has 1 heterocycles. The maximum Gasteiger partial charge on any atom is 0.257 e. The van der Waals surface area contributed by atoms with Crippen LogP contribution in [0.3, 0.4) is 0 Å². The number of hydrogen-bond acceptors (Lipinski definition) is 6.